The number of benzene rings is 1. The molecule has 0 saturated heterocycles. The van der Waals surface area contributed by atoms with Crippen LogP contribution in [0.5, 0.6) is 17.2 Å². The van der Waals surface area contributed by atoms with Crippen LogP contribution in [0, 0.1) is 6.92 Å². The van der Waals surface area contributed by atoms with E-state index < -0.39 is 0 Å². The van der Waals surface area contributed by atoms with Crippen LogP contribution in [-0.2, 0) is 13.0 Å². The lowest BCUT2D eigenvalue weighted by atomic mass is 10.1. The molecule has 0 aliphatic carbocycles. The molecule has 0 spiro atoms. The molecule has 1 aliphatic rings. The van der Waals surface area contributed by atoms with Gasteiger partial charge in [0.2, 0.25) is 0 Å². The number of nitrogens with zero attached hydrogens (tertiary/aromatic N) is 4. The summed E-state index contributed by atoms with van der Waals surface area (Å²) in [5.74, 6) is 4.69. The van der Waals surface area contributed by atoms with Crippen LogP contribution in [0.2, 0.25) is 0 Å². The molecule has 3 aromatic rings. The summed E-state index contributed by atoms with van der Waals surface area (Å²) in [4.78, 5) is 13.7. The Hall–Kier alpha value is -3.29. The van der Waals surface area contributed by atoms with E-state index in [4.69, 9.17) is 14.2 Å². The lowest BCUT2D eigenvalue weighted by Gasteiger charge is -2.21. The van der Waals surface area contributed by atoms with E-state index in [1.807, 2.05) is 31.3 Å². The van der Waals surface area contributed by atoms with Crippen LogP contribution in [0.3, 0.4) is 0 Å². The first kappa shape index (κ1) is 21.0. The van der Waals surface area contributed by atoms with Crippen molar-refractivity contribution < 1.29 is 14.2 Å². The Morgan fingerprint density at radius 1 is 1.13 bits per heavy atom. The van der Waals surface area contributed by atoms with E-state index in [0.29, 0.717) is 37.0 Å². The van der Waals surface area contributed by atoms with Crippen molar-refractivity contribution in [1.82, 2.24) is 19.5 Å². The van der Waals surface area contributed by atoms with Gasteiger partial charge in [-0.3, -0.25) is 0 Å². The molecule has 3 heterocycles. The molecule has 0 bridgehead atoms. The fraction of sp³-hybridized carbons (Fsp3) is 0.435. The topological polar surface area (TPSA) is 83.3 Å². The predicted octanol–water partition coefficient (Wildman–Crippen LogP) is 3.88. The molecule has 1 aliphatic heterocycles. The number of nitrogens with one attached hydrogen (secondary N) is 1. The van der Waals surface area contributed by atoms with Crippen molar-refractivity contribution in [3.05, 3.63) is 42.1 Å². The summed E-state index contributed by atoms with van der Waals surface area (Å²) in [6.07, 6.45) is 6.89. The fourth-order valence-corrected chi connectivity index (χ4v) is 3.62. The van der Waals surface area contributed by atoms with Gasteiger partial charge in [0.25, 0.3) is 0 Å². The molecule has 4 rings (SSSR count). The molecule has 0 atom stereocenters. The predicted molar refractivity (Wildman–Crippen MR) is 119 cm³/mol. The van der Waals surface area contributed by atoms with Crippen molar-refractivity contribution in [2.75, 3.05) is 32.2 Å². The van der Waals surface area contributed by atoms with Gasteiger partial charge in [0, 0.05) is 49.7 Å². The van der Waals surface area contributed by atoms with Crippen molar-refractivity contribution in [3.8, 4) is 28.6 Å². The summed E-state index contributed by atoms with van der Waals surface area (Å²) in [6, 6.07) is 5.78. The third-order valence-corrected chi connectivity index (χ3v) is 5.13. The molecule has 0 amide bonds. The summed E-state index contributed by atoms with van der Waals surface area (Å²) in [5.41, 5.74) is 1.85. The Labute approximate surface area is 182 Å². The number of imidazole rings is 1. The first-order chi connectivity index (χ1) is 15.2. The van der Waals surface area contributed by atoms with Crippen LogP contribution in [0.4, 0.5) is 5.82 Å². The number of methoxy groups -OCH3 is 1. The summed E-state index contributed by atoms with van der Waals surface area (Å²) in [6.45, 7) is 6.69. The Balaban J connectivity index is 1.48. The Morgan fingerprint density at radius 2 is 1.94 bits per heavy atom. The third-order valence-electron chi connectivity index (χ3n) is 5.13. The van der Waals surface area contributed by atoms with Crippen LogP contribution in [-0.4, -0.2) is 46.4 Å². The number of fused-ring (bicyclic) bond motifs is 1. The maximum absolute atomic E-state index is 5.75. The van der Waals surface area contributed by atoms with Gasteiger partial charge in [-0.2, -0.15) is 0 Å². The largest absolute Gasteiger partial charge is 0.496 e. The number of rotatable bonds is 9. The molecule has 0 radical (unpaired) electrons. The van der Waals surface area contributed by atoms with Crippen molar-refractivity contribution in [2.24, 2.45) is 0 Å². The molecule has 8 nitrogen and oxygen atoms in total. The van der Waals surface area contributed by atoms with E-state index >= 15 is 0 Å². The van der Waals surface area contributed by atoms with Crippen LogP contribution in [0.1, 0.15) is 31.3 Å². The van der Waals surface area contributed by atoms with Gasteiger partial charge in [-0.1, -0.05) is 13.3 Å². The van der Waals surface area contributed by atoms with Gasteiger partial charge >= 0.3 is 0 Å². The summed E-state index contributed by atoms with van der Waals surface area (Å²) in [5, 5.41) is 3.42. The minimum Gasteiger partial charge on any atom is -0.496 e. The fourth-order valence-electron chi connectivity index (χ4n) is 3.62. The van der Waals surface area contributed by atoms with Crippen LogP contribution in [0.25, 0.3) is 11.4 Å². The zero-order valence-corrected chi connectivity index (χ0v) is 18.4. The normalized spacial score (nSPS) is 12.6. The van der Waals surface area contributed by atoms with E-state index in [2.05, 4.69) is 31.8 Å². The van der Waals surface area contributed by atoms with E-state index in [9.17, 15) is 0 Å². The molecule has 0 saturated carbocycles. The smallest absolute Gasteiger partial charge is 0.165 e. The standard InChI is InChI=1S/C23H29N5O3/c1-4-5-6-21-26-16(2)13-22(27-21)24-7-9-28-10-8-25-23(28)17-14-19-20(15-18(17)29-3)31-12-11-30-19/h8,10,13-15H,4-7,9,11-12H2,1-3H3,(H,24,26,27). The SMILES string of the molecule is CCCCc1nc(C)cc(NCCn2ccnc2-c2cc3c(cc2OC)OCCO3)n1. The molecule has 164 valence electrons. The molecule has 0 unspecified atom stereocenters. The average Bonchev–Trinajstić information content (AvgIpc) is 3.24. The molecule has 0 fully saturated rings. The highest BCUT2D eigenvalue weighted by Gasteiger charge is 2.20. The van der Waals surface area contributed by atoms with Crippen LogP contribution in [0.15, 0.2) is 30.6 Å². The van der Waals surface area contributed by atoms with Crippen molar-refractivity contribution in [3.63, 3.8) is 0 Å². The highest BCUT2D eigenvalue weighted by molar-refractivity contribution is 5.70. The Kier molecular flexibility index (Phi) is 6.54. The maximum atomic E-state index is 5.75. The lowest BCUT2D eigenvalue weighted by molar-refractivity contribution is 0.171. The van der Waals surface area contributed by atoms with E-state index in [1.54, 1.807) is 13.3 Å². The highest BCUT2D eigenvalue weighted by Crippen LogP contribution is 2.40. The zero-order chi connectivity index (χ0) is 21.6. The number of anilines is 1. The zero-order valence-electron chi connectivity index (χ0n) is 18.4. The van der Waals surface area contributed by atoms with Gasteiger partial charge in [-0.15, -0.1) is 0 Å². The summed E-state index contributed by atoms with van der Waals surface area (Å²) >= 11 is 0. The highest BCUT2D eigenvalue weighted by atomic mass is 16.6. The molecule has 1 N–H and O–H groups in total. The monoisotopic (exact) mass is 423 g/mol. The molecular formula is C23H29N5O3. The third kappa shape index (κ3) is 4.90. The van der Waals surface area contributed by atoms with Gasteiger partial charge in [0.15, 0.2) is 11.5 Å². The van der Waals surface area contributed by atoms with E-state index in [1.165, 1.54) is 0 Å². The first-order valence-corrected chi connectivity index (χ1v) is 10.8. The summed E-state index contributed by atoms with van der Waals surface area (Å²) in [7, 11) is 1.65. The van der Waals surface area contributed by atoms with Gasteiger partial charge in [-0.05, 0) is 19.4 Å². The summed E-state index contributed by atoms with van der Waals surface area (Å²) < 4.78 is 19.1. The molecule has 8 heteroatoms. The molecule has 31 heavy (non-hydrogen) atoms. The first-order valence-electron chi connectivity index (χ1n) is 10.8. The quantitative estimate of drug-likeness (QED) is 0.559. The van der Waals surface area contributed by atoms with Crippen LogP contribution >= 0.6 is 0 Å². The molecule has 2 aromatic heterocycles. The average molecular weight is 424 g/mol. The van der Waals surface area contributed by atoms with E-state index in [0.717, 1.165) is 54.5 Å². The second kappa shape index (κ2) is 9.68. The molecular weight excluding hydrogens is 394 g/mol. The maximum Gasteiger partial charge on any atom is 0.165 e. The lowest BCUT2D eigenvalue weighted by Crippen LogP contribution is -2.16. The minimum atomic E-state index is 0.537. The number of hydrogen-bond acceptors (Lipinski definition) is 7. The number of aromatic nitrogens is 4. The van der Waals surface area contributed by atoms with Crippen molar-refractivity contribution in [2.45, 2.75) is 39.7 Å². The van der Waals surface area contributed by atoms with Gasteiger partial charge in [-0.25, -0.2) is 15.0 Å². The van der Waals surface area contributed by atoms with Gasteiger partial charge in [0.1, 0.15) is 36.4 Å². The van der Waals surface area contributed by atoms with Crippen molar-refractivity contribution in [1.29, 1.82) is 0 Å². The van der Waals surface area contributed by atoms with Crippen molar-refractivity contribution >= 4 is 5.82 Å². The molecule has 1 aromatic carbocycles. The van der Waals surface area contributed by atoms with Crippen LogP contribution < -0.4 is 19.5 Å². The second-order valence-electron chi connectivity index (χ2n) is 7.48. The number of ether oxygens (including phenoxy) is 3. The van der Waals surface area contributed by atoms with E-state index in [-0.39, 0.29) is 0 Å². The van der Waals surface area contributed by atoms with Gasteiger partial charge < -0.3 is 24.1 Å². The van der Waals surface area contributed by atoms with Gasteiger partial charge in [0.05, 0.1) is 12.7 Å². The number of unbranched alkanes of at least 4 members (excludes halogenated alkanes) is 1. The minimum absolute atomic E-state index is 0.537. The number of hydrogen-bond donors (Lipinski definition) is 1. The second-order valence-corrected chi connectivity index (χ2v) is 7.48. The Morgan fingerprint density at radius 3 is 2.71 bits per heavy atom. The number of aryl methyl sites for hydroxylation is 2. The Bertz CT molecular complexity index is 1030.